The van der Waals surface area contributed by atoms with Crippen molar-refractivity contribution in [3.8, 4) is 0 Å². The van der Waals surface area contributed by atoms with E-state index in [1.807, 2.05) is 40.9 Å². The first kappa shape index (κ1) is 21.4. The number of pyridine rings is 1. The molecule has 3 aliphatic rings. The van der Waals surface area contributed by atoms with Crippen LogP contribution in [0.1, 0.15) is 42.7 Å². The van der Waals surface area contributed by atoms with Gasteiger partial charge in [-0.2, -0.15) is 0 Å². The number of imidazole rings is 1. The Bertz CT molecular complexity index is 1030. The van der Waals surface area contributed by atoms with Crippen LogP contribution < -0.4 is 5.56 Å². The number of likely N-dealkylation sites (tertiary alicyclic amines) is 2. The van der Waals surface area contributed by atoms with Crippen LogP contribution in [0, 0.1) is 12.8 Å². The fraction of sp³-hybridized carbons (Fsp3) is 0.625. The molecular weight excluding hydrogens is 406 g/mol. The number of carbonyl (C=O) groups excluding carboxylic acids is 1. The number of ether oxygens (including phenoxy) is 1. The van der Waals surface area contributed by atoms with Gasteiger partial charge < -0.3 is 19.1 Å². The topological polar surface area (TPSA) is 72.6 Å². The van der Waals surface area contributed by atoms with E-state index in [0.29, 0.717) is 6.61 Å². The summed E-state index contributed by atoms with van der Waals surface area (Å²) in [7, 11) is 1.69. The van der Waals surface area contributed by atoms with Crippen LogP contribution in [-0.4, -0.2) is 75.8 Å². The Balaban J connectivity index is 1.43. The average Bonchev–Trinajstić information content (AvgIpc) is 3.42. The first-order valence-electron chi connectivity index (χ1n) is 11.8. The molecule has 0 spiro atoms. The van der Waals surface area contributed by atoms with Crippen molar-refractivity contribution in [1.29, 1.82) is 0 Å². The highest BCUT2D eigenvalue weighted by Crippen LogP contribution is 2.42. The predicted octanol–water partition coefficient (Wildman–Crippen LogP) is 1.65. The van der Waals surface area contributed by atoms with E-state index in [0.717, 1.165) is 63.5 Å². The quantitative estimate of drug-likeness (QED) is 0.685. The molecule has 0 N–H and O–H groups in total. The lowest BCUT2D eigenvalue weighted by molar-refractivity contribution is -0.140. The Morgan fingerprint density at radius 3 is 2.91 bits per heavy atom. The minimum absolute atomic E-state index is 0.0551. The van der Waals surface area contributed by atoms with Gasteiger partial charge in [0.15, 0.2) is 0 Å². The normalized spacial score (nSPS) is 27.5. The molecule has 8 nitrogen and oxygen atoms in total. The number of nitrogens with zero attached hydrogens (tertiary/aromatic N) is 5. The number of amides is 1. The highest BCUT2D eigenvalue weighted by atomic mass is 16.5. The second kappa shape index (κ2) is 8.83. The van der Waals surface area contributed by atoms with Crippen LogP contribution in [0.25, 0.3) is 0 Å². The molecule has 0 saturated carbocycles. The van der Waals surface area contributed by atoms with Crippen LogP contribution in [0.15, 0.2) is 35.4 Å². The molecule has 0 aromatic carbocycles. The maximum atomic E-state index is 13.9. The van der Waals surface area contributed by atoms with Gasteiger partial charge in [-0.3, -0.25) is 14.2 Å². The Kier molecular flexibility index (Phi) is 5.90. The van der Waals surface area contributed by atoms with Gasteiger partial charge in [-0.25, -0.2) is 4.98 Å². The van der Waals surface area contributed by atoms with Crippen molar-refractivity contribution < 1.29 is 9.53 Å². The lowest BCUT2D eigenvalue weighted by atomic mass is 9.78. The van der Waals surface area contributed by atoms with Crippen molar-refractivity contribution in [1.82, 2.24) is 23.9 Å². The Hall–Kier alpha value is -2.45. The molecule has 4 atom stereocenters. The highest BCUT2D eigenvalue weighted by molar-refractivity contribution is 5.82. The second-order valence-corrected chi connectivity index (χ2v) is 9.51. The van der Waals surface area contributed by atoms with E-state index >= 15 is 0 Å². The Morgan fingerprint density at radius 1 is 1.25 bits per heavy atom. The van der Waals surface area contributed by atoms with Crippen LogP contribution in [0.2, 0.25) is 0 Å². The summed E-state index contributed by atoms with van der Waals surface area (Å²) in [5.74, 6) is 1.53. The van der Waals surface area contributed by atoms with E-state index < -0.39 is 6.04 Å². The number of fused-ring (bicyclic) bond motifs is 4. The molecule has 2 bridgehead atoms. The molecule has 5 heterocycles. The maximum absolute atomic E-state index is 13.9. The molecule has 172 valence electrons. The molecule has 8 heteroatoms. The van der Waals surface area contributed by atoms with Gasteiger partial charge in [0.2, 0.25) is 5.91 Å². The summed E-state index contributed by atoms with van der Waals surface area (Å²) in [4.78, 5) is 35.6. The molecule has 5 rings (SSSR count). The van der Waals surface area contributed by atoms with Crippen LogP contribution in [-0.2, 0) is 16.1 Å². The fourth-order valence-electron chi connectivity index (χ4n) is 6.08. The third-order valence-corrected chi connectivity index (χ3v) is 7.58. The Morgan fingerprint density at radius 2 is 2.12 bits per heavy atom. The van der Waals surface area contributed by atoms with Crippen molar-refractivity contribution in [2.45, 2.75) is 50.7 Å². The number of aryl methyl sites for hydroxylation is 1. The zero-order valence-electron chi connectivity index (χ0n) is 19.0. The second-order valence-electron chi connectivity index (χ2n) is 9.51. The predicted molar refractivity (Wildman–Crippen MR) is 121 cm³/mol. The lowest BCUT2D eigenvalue weighted by Gasteiger charge is -2.47. The largest absolute Gasteiger partial charge is 0.383 e. The van der Waals surface area contributed by atoms with Crippen LogP contribution in [0.5, 0.6) is 0 Å². The van der Waals surface area contributed by atoms with E-state index in [1.54, 1.807) is 13.2 Å². The van der Waals surface area contributed by atoms with Crippen LogP contribution >= 0.6 is 0 Å². The monoisotopic (exact) mass is 439 g/mol. The third-order valence-electron chi connectivity index (χ3n) is 7.58. The van der Waals surface area contributed by atoms with Gasteiger partial charge in [0.25, 0.3) is 5.56 Å². The number of methoxy groups -OCH3 is 1. The molecule has 1 amide bonds. The molecule has 0 aliphatic carbocycles. The van der Waals surface area contributed by atoms with Gasteiger partial charge in [0.05, 0.1) is 12.6 Å². The van der Waals surface area contributed by atoms with Crippen LogP contribution in [0.3, 0.4) is 0 Å². The minimum atomic E-state index is -0.426. The molecule has 32 heavy (non-hydrogen) atoms. The summed E-state index contributed by atoms with van der Waals surface area (Å²) >= 11 is 0. The molecule has 0 radical (unpaired) electrons. The summed E-state index contributed by atoms with van der Waals surface area (Å²) in [6, 6.07) is 5.17. The number of aromatic nitrogens is 3. The van der Waals surface area contributed by atoms with E-state index in [4.69, 9.17) is 4.74 Å². The third kappa shape index (κ3) is 3.79. The lowest BCUT2D eigenvalue weighted by Crippen LogP contribution is -2.55. The van der Waals surface area contributed by atoms with Gasteiger partial charge in [0, 0.05) is 75.8 Å². The molecule has 2 aromatic heterocycles. The van der Waals surface area contributed by atoms with E-state index in [9.17, 15) is 9.59 Å². The first-order valence-corrected chi connectivity index (χ1v) is 11.8. The first-order chi connectivity index (χ1) is 15.6. The Labute approximate surface area is 188 Å². The summed E-state index contributed by atoms with van der Waals surface area (Å²) in [6.07, 6.45) is 6.78. The number of rotatable bonds is 6. The van der Waals surface area contributed by atoms with Crippen molar-refractivity contribution in [3.63, 3.8) is 0 Å². The van der Waals surface area contributed by atoms with E-state index in [2.05, 4.69) is 14.5 Å². The zero-order chi connectivity index (χ0) is 22.2. The smallest absolute Gasteiger partial charge is 0.251 e. The van der Waals surface area contributed by atoms with Gasteiger partial charge >= 0.3 is 0 Å². The van der Waals surface area contributed by atoms with Gasteiger partial charge in [-0.15, -0.1) is 0 Å². The number of hydrogen-bond donors (Lipinski definition) is 0. The minimum Gasteiger partial charge on any atom is -0.383 e. The highest BCUT2D eigenvalue weighted by Gasteiger charge is 2.46. The summed E-state index contributed by atoms with van der Waals surface area (Å²) in [5.41, 5.74) is 0.957. The molecule has 0 unspecified atom stereocenters. The van der Waals surface area contributed by atoms with Gasteiger partial charge in [0.1, 0.15) is 11.9 Å². The number of hydrogen-bond acceptors (Lipinski definition) is 5. The molecular formula is C24H33N5O3. The standard InChI is InChI=1S/C24H33N5O3/c1-17-25-8-10-27(17)12-11-26-14-18-13-19(15-26)23(29-21(18)6-3-7-22(29)30)24(31)28-9-4-5-20(28)16-32-2/h3,6-8,10,18-20,23H,4-5,9,11-16H2,1-2H3/t18-,19+,20-,23+/m0/s1. The van der Waals surface area contributed by atoms with Gasteiger partial charge in [-0.1, -0.05) is 6.07 Å². The SMILES string of the molecule is COC[C@@H]1CCCN1C(=O)[C@H]1[C@@H]2C[C@@H](CN(CCn3ccnc3C)C2)c2cccc(=O)n21. The van der Waals surface area contributed by atoms with Gasteiger partial charge in [-0.05, 0) is 32.3 Å². The zero-order valence-corrected chi connectivity index (χ0v) is 19.0. The van der Waals surface area contributed by atoms with Crippen LogP contribution in [0.4, 0.5) is 0 Å². The van der Waals surface area contributed by atoms with E-state index in [1.165, 1.54) is 0 Å². The maximum Gasteiger partial charge on any atom is 0.251 e. The molecule has 3 aliphatic heterocycles. The summed E-state index contributed by atoms with van der Waals surface area (Å²) in [6.45, 7) is 6.88. The summed E-state index contributed by atoms with van der Waals surface area (Å²) in [5, 5.41) is 0. The van der Waals surface area contributed by atoms with Crippen molar-refractivity contribution >= 4 is 5.91 Å². The average molecular weight is 440 g/mol. The van der Waals surface area contributed by atoms with Crippen molar-refractivity contribution in [2.75, 3.05) is 39.9 Å². The number of piperidine rings is 1. The molecule has 2 aromatic rings. The fourth-order valence-corrected chi connectivity index (χ4v) is 6.08. The van der Waals surface area contributed by atoms with E-state index in [-0.39, 0.29) is 29.3 Å². The molecule has 2 fully saturated rings. The summed E-state index contributed by atoms with van der Waals surface area (Å²) < 4.78 is 9.38. The number of carbonyl (C=O) groups is 1. The van der Waals surface area contributed by atoms with Crippen molar-refractivity contribution in [3.05, 3.63) is 52.5 Å². The molecule has 2 saturated heterocycles. The van der Waals surface area contributed by atoms with Crippen molar-refractivity contribution in [2.24, 2.45) is 5.92 Å².